The number of nitrogens with one attached hydrogen (secondary N) is 2. The molecule has 3 rings (SSSR count). The lowest BCUT2D eigenvalue weighted by Gasteiger charge is -2.11. The lowest BCUT2D eigenvalue weighted by molar-refractivity contribution is 0.0940. The molecule has 1 aliphatic rings. The number of carbonyl (C=O) groups excluding carboxylic acids is 1. The van der Waals surface area contributed by atoms with Crippen molar-refractivity contribution in [3.63, 3.8) is 0 Å². The molecular formula is C18H21ClN2OS. The van der Waals surface area contributed by atoms with Crippen LogP contribution in [0, 0.1) is 0 Å². The third-order valence-corrected chi connectivity index (χ3v) is 4.84. The average Bonchev–Trinajstić information content (AvgIpc) is 3.07. The van der Waals surface area contributed by atoms with E-state index in [1.54, 1.807) is 11.8 Å². The van der Waals surface area contributed by atoms with Crippen molar-refractivity contribution in [2.75, 3.05) is 13.1 Å². The van der Waals surface area contributed by atoms with E-state index in [1.807, 2.05) is 30.3 Å². The summed E-state index contributed by atoms with van der Waals surface area (Å²) in [6.45, 7) is 1.86. The topological polar surface area (TPSA) is 41.1 Å². The predicted octanol–water partition coefficient (Wildman–Crippen LogP) is 3.49. The average molecular weight is 349 g/mol. The normalized spacial score (nSPS) is 16.6. The number of hydrogen-bond acceptors (Lipinski definition) is 3. The molecule has 1 atom stereocenters. The van der Waals surface area contributed by atoms with Gasteiger partial charge in [-0.15, -0.1) is 24.2 Å². The molecule has 0 bridgehead atoms. The van der Waals surface area contributed by atoms with Crippen LogP contribution < -0.4 is 10.6 Å². The van der Waals surface area contributed by atoms with Crippen molar-refractivity contribution in [2.45, 2.75) is 23.1 Å². The molecule has 1 unspecified atom stereocenters. The summed E-state index contributed by atoms with van der Waals surface area (Å²) >= 11 is 1.79. The Kier molecular flexibility index (Phi) is 6.96. The van der Waals surface area contributed by atoms with Gasteiger partial charge in [0.15, 0.2) is 0 Å². The summed E-state index contributed by atoms with van der Waals surface area (Å²) in [5, 5.41) is 6.32. The second kappa shape index (κ2) is 8.96. The van der Waals surface area contributed by atoms with E-state index in [2.05, 4.69) is 34.9 Å². The molecule has 3 nitrogen and oxygen atoms in total. The largest absolute Gasteiger partial charge is 0.348 e. The van der Waals surface area contributed by atoms with Crippen LogP contribution in [-0.4, -0.2) is 25.0 Å². The van der Waals surface area contributed by atoms with E-state index < -0.39 is 0 Å². The Balaban J connectivity index is 0.00000192. The van der Waals surface area contributed by atoms with Crippen LogP contribution in [0.4, 0.5) is 0 Å². The number of thioether (sulfide) groups is 1. The second-order valence-electron chi connectivity index (χ2n) is 5.46. The summed E-state index contributed by atoms with van der Waals surface area (Å²) < 4.78 is 0. The molecular weight excluding hydrogens is 328 g/mol. The van der Waals surface area contributed by atoms with Gasteiger partial charge in [0.05, 0.1) is 0 Å². The highest BCUT2D eigenvalue weighted by Gasteiger charge is 2.17. The standard InChI is InChI=1S/C18H20N2OS.ClH/c21-18(20-16-10-11-19-12-16)15-6-8-17(9-7-15)22-13-14-4-2-1-3-5-14;/h1-9,16,19H,10-13H2,(H,20,21);1H. The zero-order valence-electron chi connectivity index (χ0n) is 12.8. The van der Waals surface area contributed by atoms with Crippen molar-refractivity contribution in [2.24, 2.45) is 0 Å². The van der Waals surface area contributed by atoms with Crippen molar-refractivity contribution in [1.82, 2.24) is 10.6 Å². The van der Waals surface area contributed by atoms with Crippen molar-refractivity contribution in [3.8, 4) is 0 Å². The molecule has 5 heteroatoms. The molecule has 2 N–H and O–H groups in total. The maximum Gasteiger partial charge on any atom is 0.251 e. The molecule has 0 radical (unpaired) electrons. The van der Waals surface area contributed by atoms with Crippen LogP contribution in [0.2, 0.25) is 0 Å². The molecule has 0 spiro atoms. The van der Waals surface area contributed by atoms with E-state index in [1.165, 1.54) is 10.5 Å². The van der Waals surface area contributed by atoms with Crippen LogP contribution in [0.15, 0.2) is 59.5 Å². The summed E-state index contributed by atoms with van der Waals surface area (Å²) in [6.07, 6.45) is 1.01. The van der Waals surface area contributed by atoms with Crippen molar-refractivity contribution in [1.29, 1.82) is 0 Å². The Morgan fingerprint density at radius 2 is 1.87 bits per heavy atom. The molecule has 1 saturated heterocycles. The third kappa shape index (κ3) is 5.27. The lowest BCUT2D eigenvalue weighted by Crippen LogP contribution is -2.36. The Hall–Kier alpha value is -1.49. The molecule has 1 aliphatic heterocycles. The summed E-state index contributed by atoms with van der Waals surface area (Å²) in [5.74, 6) is 0.966. The van der Waals surface area contributed by atoms with Gasteiger partial charge in [-0.05, 0) is 42.8 Å². The van der Waals surface area contributed by atoms with Crippen molar-refractivity contribution < 1.29 is 4.79 Å². The SMILES string of the molecule is Cl.O=C(NC1CCNC1)c1ccc(SCc2ccccc2)cc1. The fourth-order valence-electron chi connectivity index (χ4n) is 2.49. The minimum absolute atomic E-state index is 0. The Labute approximate surface area is 147 Å². The van der Waals surface area contributed by atoms with Gasteiger partial charge in [0.2, 0.25) is 0 Å². The molecule has 1 fully saturated rings. The van der Waals surface area contributed by atoms with E-state index in [-0.39, 0.29) is 24.4 Å². The van der Waals surface area contributed by atoms with E-state index >= 15 is 0 Å². The zero-order valence-corrected chi connectivity index (χ0v) is 14.5. The first-order valence-corrected chi connectivity index (χ1v) is 8.58. The van der Waals surface area contributed by atoms with E-state index in [0.717, 1.165) is 30.8 Å². The monoisotopic (exact) mass is 348 g/mol. The Morgan fingerprint density at radius 1 is 1.13 bits per heavy atom. The number of carbonyl (C=O) groups is 1. The number of rotatable bonds is 5. The molecule has 0 aliphatic carbocycles. The van der Waals surface area contributed by atoms with Crippen molar-refractivity contribution in [3.05, 3.63) is 65.7 Å². The van der Waals surface area contributed by atoms with Gasteiger partial charge in [0.1, 0.15) is 0 Å². The molecule has 1 amide bonds. The fraction of sp³-hybridized carbons (Fsp3) is 0.278. The highest BCUT2D eigenvalue weighted by molar-refractivity contribution is 7.98. The highest BCUT2D eigenvalue weighted by atomic mass is 35.5. The smallest absolute Gasteiger partial charge is 0.251 e. The van der Waals surface area contributed by atoms with Gasteiger partial charge < -0.3 is 10.6 Å². The Morgan fingerprint density at radius 3 is 2.52 bits per heavy atom. The predicted molar refractivity (Wildman–Crippen MR) is 98.4 cm³/mol. The van der Waals surface area contributed by atoms with Gasteiger partial charge in [0, 0.05) is 28.8 Å². The van der Waals surface area contributed by atoms with E-state index in [0.29, 0.717) is 0 Å². The lowest BCUT2D eigenvalue weighted by atomic mass is 10.2. The molecule has 1 heterocycles. The first-order valence-electron chi connectivity index (χ1n) is 7.59. The van der Waals surface area contributed by atoms with E-state index in [9.17, 15) is 4.79 Å². The molecule has 0 aromatic heterocycles. The van der Waals surface area contributed by atoms with Crippen LogP contribution in [-0.2, 0) is 5.75 Å². The number of halogens is 1. The van der Waals surface area contributed by atoms with Crippen LogP contribution in [0.25, 0.3) is 0 Å². The molecule has 23 heavy (non-hydrogen) atoms. The quantitative estimate of drug-likeness (QED) is 0.813. The minimum atomic E-state index is 0. The summed E-state index contributed by atoms with van der Waals surface area (Å²) in [4.78, 5) is 13.3. The fourth-order valence-corrected chi connectivity index (χ4v) is 3.34. The maximum absolute atomic E-state index is 12.1. The van der Waals surface area contributed by atoms with Gasteiger partial charge in [0.25, 0.3) is 5.91 Å². The molecule has 122 valence electrons. The first kappa shape index (κ1) is 17.9. The van der Waals surface area contributed by atoms with Gasteiger partial charge in [-0.25, -0.2) is 0 Å². The van der Waals surface area contributed by atoms with Gasteiger partial charge in [-0.2, -0.15) is 0 Å². The third-order valence-electron chi connectivity index (χ3n) is 3.76. The molecule has 2 aromatic rings. The van der Waals surface area contributed by atoms with E-state index in [4.69, 9.17) is 0 Å². The summed E-state index contributed by atoms with van der Waals surface area (Å²) in [5.41, 5.74) is 2.04. The zero-order chi connectivity index (χ0) is 15.2. The van der Waals surface area contributed by atoms with Gasteiger partial charge in [-0.3, -0.25) is 4.79 Å². The Bertz CT molecular complexity index is 613. The van der Waals surface area contributed by atoms with Crippen LogP contribution in [0.3, 0.4) is 0 Å². The van der Waals surface area contributed by atoms with Crippen LogP contribution in [0.5, 0.6) is 0 Å². The summed E-state index contributed by atoms with van der Waals surface area (Å²) in [7, 11) is 0. The number of hydrogen-bond donors (Lipinski definition) is 2. The molecule has 2 aromatic carbocycles. The maximum atomic E-state index is 12.1. The van der Waals surface area contributed by atoms with Gasteiger partial charge >= 0.3 is 0 Å². The second-order valence-corrected chi connectivity index (χ2v) is 6.51. The summed E-state index contributed by atoms with van der Waals surface area (Å²) in [6, 6.07) is 18.5. The highest BCUT2D eigenvalue weighted by Crippen LogP contribution is 2.23. The van der Waals surface area contributed by atoms with Crippen LogP contribution >= 0.6 is 24.2 Å². The van der Waals surface area contributed by atoms with Crippen molar-refractivity contribution >= 4 is 30.1 Å². The number of benzene rings is 2. The molecule has 0 saturated carbocycles. The minimum Gasteiger partial charge on any atom is -0.348 e. The first-order chi connectivity index (χ1) is 10.8. The van der Waals surface area contributed by atoms with Crippen LogP contribution in [0.1, 0.15) is 22.3 Å². The number of amides is 1. The van der Waals surface area contributed by atoms with Gasteiger partial charge in [-0.1, -0.05) is 30.3 Å².